The molecule has 0 aliphatic heterocycles. The van der Waals surface area contributed by atoms with Gasteiger partial charge in [0, 0.05) is 40.4 Å². The topological polar surface area (TPSA) is 53.1 Å². The molecule has 0 fully saturated rings. The summed E-state index contributed by atoms with van der Waals surface area (Å²) in [6.45, 7) is 6.59. The first-order chi connectivity index (χ1) is 30.1. The van der Waals surface area contributed by atoms with Crippen LogP contribution in [0.3, 0.4) is 0 Å². The minimum Gasteiger partial charge on any atom is -0.503 e. The van der Waals surface area contributed by atoms with Crippen LogP contribution < -0.4 is 4.74 Å². The van der Waals surface area contributed by atoms with Gasteiger partial charge in [0.2, 0.25) is 0 Å². The Hall–Kier alpha value is -7.02. The van der Waals surface area contributed by atoms with Gasteiger partial charge in [-0.2, -0.15) is 14.8 Å². The van der Waals surface area contributed by atoms with Gasteiger partial charge < -0.3 is 18.7 Å². The van der Waals surface area contributed by atoms with Crippen molar-refractivity contribution in [3.63, 3.8) is 0 Å². The molecular formula is C54H34F3N3O2Pt. The van der Waals surface area contributed by atoms with E-state index in [-0.39, 0.29) is 32.0 Å². The minimum absolute atomic E-state index is 0. The number of pyridine rings is 2. The number of aromatic nitrogens is 3. The normalized spacial score (nSPS) is 11.8. The molecule has 0 saturated carbocycles. The summed E-state index contributed by atoms with van der Waals surface area (Å²) in [4.78, 5) is 9.52. The number of furan rings is 1. The zero-order valence-electron chi connectivity index (χ0n) is 34.0. The zero-order valence-corrected chi connectivity index (χ0v) is 36.3. The number of nitrogens with zero attached hydrogens (tertiary/aromatic N) is 3. The SMILES string of the molecule is CC(C)(C)c1ccnc(-n2c3[c-]c(Oc4[c-]c(-c5ccccn5)c5oc6ccc7c8cc(-c9ccc(C(F)=C(F)F)cc9)ccc8ccc7c6c5c4)ccc3c3ccccc32)c1.[Pt+2]. The van der Waals surface area contributed by atoms with Crippen LogP contribution in [0, 0.1) is 12.1 Å². The molecule has 0 saturated heterocycles. The molecule has 4 aromatic heterocycles. The monoisotopic (exact) mass is 1010 g/mol. The number of rotatable bonds is 6. The van der Waals surface area contributed by atoms with Gasteiger partial charge >= 0.3 is 27.1 Å². The number of para-hydroxylation sites is 1. The molecule has 9 heteroatoms. The second-order valence-corrected chi connectivity index (χ2v) is 16.4. The van der Waals surface area contributed by atoms with E-state index in [0.29, 0.717) is 33.9 Å². The smallest absolute Gasteiger partial charge is 0.503 e. The minimum atomic E-state index is -2.34. The number of hydrogen-bond donors (Lipinski definition) is 0. The van der Waals surface area contributed by atoms with Crippen molar-refractivity contribution in [2.75, 3.05) is 0 Å². The Morgan fingerprint density at radius 3 is 2.19 bits per heavy atom. The summed E-state index contributed by atoms with van der Waals surface area (Å²) in [5.41, 5.74) is 7.11. The van der Waals surface area contributed by atoms with Crippen LogP contribution in [-0.4, -0.2) is 14.5 Å². The third kappa shape index (κ3) is 6.86. The van der Waals surface area contributed by atoms with Gasteiger partial charge in [-0.25, -0.2) is 9.37 Å². The quantitative estimate of drug-likeness (QED) is 0.123. The van der Waals surface area contributed by atoms with E-state index in [1.165, 1.54) is 17.7 Å². The maximum Gasteiger partial charge on any atom is 2.00 e. The molecule has 0 aliphatic carbocycles. The second kappa shape index (κ2) is 15.4. The number of hydrogen-bond acceptors (Lipinski definition) is 4. The third-order valence-corrected chi connectivity index (χ3v) is 11.6. The summed E-state index contributed by atoms with van der Waals surface area (Å²) in [7, 11) is 0. The Kier molecular flexibility index (Phi) is 9.80. The maximum atomic E-state index is 14.0. The molecule has 4 heterocycles. The predicted molar refractivity (Wildman–Crippen MR) is 243 cm³/mol. The molecule has 11 rings (SSSR count). The van der Waals surface area contributed by atoms with E-state index in [1.807, 2.05) is 66.9 Å². The predicted octanol–water partition coefficient (Wildman–Crippen LogP) is 15.3. The van der Waals surface area contributed by atoms with Gasteiger partial charge in [0.15, 0.2) is 5.83 Å². The Morgan fingerprint density at radius 1 is 0.635 bits per heavy atom. The van der Waals surface area contributed by atoms with Gasteiger partial charge in [-0.3, -0.25) is 0 Å². The van der Waals surface area contributed by atoms with Crippen LogP contribution in [-0.2, 0) is 26.5 Å². The molecule has 0 N–H and O–H groups in total. The summed E-state index contributed by atoms with van der Waals surface area (Å²) < 4.78 is 55.4. The molecular weight excluding hydrogens is 975 g/mol. The van der Waals surface area contributed by atoms with Gasteiger partial charge in [-0.05, 0) is 91.1 Å². The number of ether oxygens (including phenoxy) is 1. The molecule has 7 aromatic carbocycles. The van der Waals surface area contributed by atoms with Crippen LogP contribution in [0.5, 0.6) is 11.5 Å². The van der Waals surface area contributed by atoms with Crippen LogP contribution >= 0.6 is 0 Å². The van der Waals surface area contributed by atoms with E-state index in [2.05, 4.69) is 92.1 Å². The zero-order chi connectivity index (χ0) is 42.3. The van der Waals surface area contributed by atoms with Crippen LogP contribution in [0.2, 0.25) is 0 Å². The number of halogens is 3. The Balaban J connectivity index is 0.00000471. The first-order valence-electron chi connectivity index (χ1n) is 20.2. The summed E-state index contributed by atoms with van der Waals surface area (Å²) in [5, 5.41) is 7.84. The molecule has 0 atom stereocenters. The Morgan fingerprint density at radius 2 is 1.40 bits per heavy atom. The number of benzene rings is 7. The van der Waals surface area contributed by atoms with E-state index in [1.54, 1.807) is 18.3 Å². The van der Waals surface area contributed by atoms with Gasteiger partial charge in [0.1, 0.15) is 11.4 Å². The van der Waals surface area contributed by atoms with Crippen LogP contribution in [0.1, 0.15) is 31.9 Å². The average molecular weight is 1010 g/mol. The molecule has 0 aliphatic rings. The van der Waals surface area contributed by atoms with Gasteiger partial charge in [-0.15, -0.1) is 17.5 Å². The summed E-state index contributed by atoms with van der Waals surface area (Å²) >= 11 is 0. The van der Waals surface area contributed by atoms with Gasteiger partial charge in [0.05, 0.1) is 5.58 Å². The molecule has 0 bridgehead atoms. The van der Waals surface area contributed by atoms with Crippen molar-refractivity contribution in [2.24, 2.45) is 0 Å². The van der Waals surface area contributed by atoms with Crippen molar-refractivity contribution in [1.29, 1.82) is 0 Å². The third-order valence-electron chi connectivity index (χ3n) is 11.6. The van der Waals surface area contributed by atoms with E-state index in [9.17, 15) is 13.2 Å². The first-order valence-corrected chi connectivity index (χ1v) is 20.2. The first kappa shape index (κ1) is 40.1. The fourth-order valence-electron chi connectivity index (χ4n) is 8.57. The van der Waals surface area contributed by atoms with E-state index in [4.69, 9.17) is 19.1 Å². The van der Waals surface area contributed by atoms with Crippen LogP contribution in [0.15, 0.2) is 162 Å². The van der Waals surface area contributed by atoms with Crippen LogP contribution in [0.25, 0.3) is 99.3 Å². The van der Waals surface area contributed by atoms with Crippen molar-refractivity contribution in [1.82, 2.24) is 14.5 Å². The van der Waals surface area contributed by atoms with E-state index in [0.717, 1.165) is 71.1 Å². The average Bonchev–Trinajstić information content (AvgIpc) is 3.84. The van der Waals surface area contributed by atoms with Gasteiger partial charge in [0.25, 0.3) is 0 Å². The maximum absolute atomic E-state index is 14.0. The van der Waals surface area contributed by atoms with Gasteiger partial charge in [-0.1, -0.05) is 134 Å². The standard InChI is InChI=1S/C54H34F3N3O2.Pt/c1-54(2,3)35-23-25-59-49(27-35)60-46-10-5-4-8-39(46)40-20-18-36(30-47(40)60)61-37-28-43(45-9-6-7-24-58-45)52-44(29-37)50-41-19-17-32-13-16-34(26-42(32)38(41)21-22-48(50)62-52)31-11-14-33(15-12-31)51(55)53(56)57;/h4-27,29H,1-3H3;/q-2;+2. The molecule has 0 radical (unpaired) electrons. The molecule has 308 valence electrons. The summed E-state index contributed by atoms with van der Waals surface area (Å²) in [6, 6.07) is 51.6. The second-order valence-electron chi connectivity index (χ2n) is 16.4. The molecule has 0 spiro atoms. The summed E-state index contributed by atoms with van der Waals surface area (Å²) in [6.07, 6.45) is 1.27. The van der Waals surface area contributed by atoms with Crippen LogP contribution in [0.4, 0.5) is 13.2 Å². The molecule has 0 amide bonds. The number of fused-ring (bicyclic) bond motifs is 10. The van der Waals surface area contributed by atoms with E-state index >= 15 is 0 Å². The van der Waals surface area contributed by atoms with Crippen molar-refractivity contribution in [2.45, 2.75) is 26.2 Å². The van der Waals surface area contributed by atoms with E-state index < -0.39 is 11.9 Å². The molecule has 11 aromatic rings. The van der Waals surface area contributed by atoms with Crippen molar-refractivity contribution >= 4 is 71.1 Å². The Labute approximate surface area is 374 Å². The van der Waals surface area contributed by atoms with Crippen molar-refractivity contribution < 1.29 is 43.4 Å². The Bertz CT molecular complexity index is 3620. The molecule has 0 unspecified atom stereocenters. The largest absolute Gasteiger partial charge is 2.00 e. The summed E-state index contributed by atoms with van der Waals surface area (Å²) in [5.74, 6) is 0.256. The molecule has 63 heavy (non-hydrogen) atoms. The fraction of sp³-hybridized carbons (Fsp3) is 0.0741. The molecule has 5 nitrogen and oxygen atoms in total. The van der Waals surface area contributed by atoms with Crippen molar-refractivity contribution in [3.05, 3.63) is 181 Å². The fourth-order valence-corrected chi connectivity index (χ4v) is 8.57. The van der Waals surface area contributed by atoms with Crippen molar-refractivity contribution in [3.8, 4) is 39.7 Å².